The standard InChI is InChI=1S/C44H54.2C3H8.C3H6/c1-11-19-20-26-33(9)38(25-14-4)32-31-36(16-6)44-40(18-8)39(17-7)43(41-27-21-22-28-42(41)44)35(15-5)30-29-34(10)37(23-12-2)24-13-3;3*1-3-2/h11-12,15-23,26-33,38H,2,5,7-8,13-14,24-25H2,1,3-4,6,9-10H3;2*3H2,1-2H3;3H,1H2,2H3/b19-11-,26-20-,32-31-,34-29+,35-30+,36-16+,37-23+;;;. The number of benzene rings is 2. The highest BCUT2D eigenvalue weighted by molar-refractivity contribution is 6.08. The largest absolute Gasteiger partial charge is 0.103 e. The molecule has 0 aliphatic rings. The zero-order chi connectivity index (χ0) is 40.6. The number of fused-ring (bicyclic) bond motifs is 1. The lowest BCUT2D eigenvalue weighted by Gasteiger charge is -2.22. The summed E-state index contributed by atoms with van der Waals surface area (Å²) in [5.41, 5.74) is 9.26. The van der Waals surface area contributed by atoms with Crippen molar-refractivity contribution in [2.45, 2.75) is 115 Å². The van der Waals surface area contributed by atoms with E-state index in [1.54, 1.807) is 6.08 Å². The molecule has 2 atom stereocenters. The molecule has 0 bridgehead atoms. The second kappa shape index (κ2) is 32.2. The fourth-order valence-electron chi connectivity index (χ4n) is 5.84. The summed E-state index contributed by atoms with van der Waals surface area (Å²) in [4.78, 5) is 0. The Labute approximate surface area is 329 Å². The third-order valence-electron chi connectivity index (χ3n) is 8.21. The summed E-state index contributed by atoms with van der Waals surface area (Å²) in [5, 5.41) is 2.37. The monoisotopic (exact) mass is 713 g/mol. The summed E-state index contributed by atoms with van der Waals surface area (Å²) in [7, 11) is 0. The van der Waals surface area contributed by atoms with Gasteiger partial charge in [0, 0.05) is 0 Å². The van der Waals surface area contributed by atoms with Crippen LogP contribution in [0.25, 0.3) is 34.1 Å². The Balaban J connectivity index is 0. The normalized spacial score (nSPS) is 13.3. The van der Waals surface area contributed by atoms with Gasteiger partial charge in [-0.25, -0.2) is 0 Å². The van der Waals surface area contributed by atoms with Crippen LogP contribution >= 0.6 is 0 Å². The highest BCUT2D eigenvalue weighted by Crippen LogP contribution is 2.40. The quantitative estimate of drug-likeness (QED) is 0.113. The topological polar surface area (TPSA) is 0 Å². The van der Waals surface area contributed by atoms with Crippen LogP contribution in [0.2, 0.25) is 0 Å². The highest BCUT2D eigenvalue weighted by Gasteiger charge is 2.19. The molecule has 0 N–H and O–H groups in total. The average molecular weight is 713 g/mol. The predicted octanol–water partition coefficient (Wildman–Crippen LogP) is 17.7. The van der Waals surface area contributed by atoms with E-state index < -0.39 is 0 Å². The predicted molar refractivity (Wildman–Crippen MR) is 251 cm³/mol. The molecule has 0 radical (unpaired) electrons. The van der Waals surface area contributed by atoms with Gasteiger partial charge in [-0.15, -0.1) is 6.58 Å². The van der Waals surface area contributed by atoms with E-state index in [0.717, 1.165) is 47.9 Å². The summed E-state index contributed by atoms with van der Waals surface area (Å²) in [6.07, 6.45) is 38.5. The number of hydrogen-bond acceptors (Lipinski definition) is 0. The molecular formula is C53H76. The molecule has 0 spiro atoms. The summed E-state index contributed by atoms with van der Waals surface area (Å²) in [6.45, 7) is 43.6. The van der Waals surface area contributed by atoms with Crippen LogP contribution in [0.3, 0.4) is 0 Å². The van der Waals surface area contributed by atoms with Crippen LogP contribution in [0.4, 0.5) is 0 Å². The first kappa shape index (κ1) is 50.7. The van der Waals surface area contributed by atoms with E-state index >= 15 is 0 Å². The summed E-state index contributed by atoms with van der Waals surface area (Å²) in [6, 6.07) is 8.68. The molecule has 53 heavy (non-hydrogen) atoms. The molecular weight excluding hydrogens is 637 g/mol. The van der Waals surface area contributed by atoms with Crippen molar-refractivity contribution in [3.8, 4) is 0 Å². The van der Waals surface area contributed by atoms with Crippen LogP contribution in [0.5, 0.6) is 0 Å². The summed E-state index contributed by atoms with van der Waals surface area (Å²) in [5.74, 6) is 0.893. The van der Waals surface area contributed by atoms with Crippen LogP contribution in [0.1, 0.15) is 137 Å². The van der Waals surface area contributed by atoms with Crippen molar-refractivity contribution in [2.24, 2.45) is 11.8 Å². The first-order valence-electron chi connectivity index (χ1n) is 20.0. The molecule has 0 aliphatic carbocycles. The van der Waals surface area contributed by atoms with E-state index in [0.29, 0.717) is 11.8 Å². The van der Waals surface area contributed by atoms with Crippen molar-refractivity contribution in [3.63, 3.8) is 0 Å². The van der Waals surface area contributed by atoms with Crippen LogP contribution in [0, 0.1) is 11.8 Å². The SMILES string of the molecule is C=C/C=C(CCC)/C(C)=C/C=C(\C=C)c1c(C=C)c(C=C)c(C(/C=C\C(CCC)C(C)/C=C\C=C/C)=C/C)c2ccccc12.C=CC.CCC.CCC. The Bertz CT molecular complexity index is 1600. The minimum atomic E-state index is 0.443. The van der Waals surface area contributed by atoms with Gasteiger partial charge in [-0.1, -0.05) is 216 Å². The molecule has 288 valence electrons. The zero-order valence-corrected chi connectivity index (χ0v) is 35.9. The molecule has 0 aromatic heterocycles. The minimum Gasteiger partial charge on any atom is -0.103 e. The fourth-order valence-corrected chi connectivity index (χ4v) is 5.84. The Morgan fingerprint density at radius 1 is 0.698 bits per heavy atom. The van der Waals surface area contributed by atoms with Gasteiger partial charge in [0.05, 0.1) is 0 Å². The van der Waals surface area contributed by atoms with Gasteiger partial charge in [0.1, 0.15) is 0 Å². The molecule has 0 nitrogen and oxygen atoms in total. The summed E-state index contributed by atoms with van der Waals surface area (Å²) >= 11 is 0. The van der Waals surface area contributed by atoms with Gasteiger partial charge in [-0.2, -0.15) is 0 Å². The van der Waals surface area contributed by atoms with Gasteiger partial charge in [-0.3, -0.25) is 0 Å². The number of allylic oxidation sites excluding steroid dienone is 17. The molecule has 0 saturated heterocycles. The lowest BCUT2D eigenvalue weighted by atomic mass is 9.82. The molecule has 0 aliphatic heterocycles. The molecule has 0 fully saturated rings. The van der Waals surface area contributed by atoms with Crippen LogP contribution in [0.15, 0.2) is 147 Å². The van der Waals surface area contributed by atoms with Gasteiger partial charge in [-0.05, 0) is 108 Å². The maximum Gasteiger partial charge on any atom is -0.00268 e. The molecule has 2 aromatic carbocycles. The third-order valence-corrected chi connectivity index (χ3v) is 8.21. The fraction of sp³-hybridized carbons (Fsp3) is 0.358. The van der Waals surface area contributed by atoms with E-state index in [2.05, 4.69) is 187 Å². The van der Waals surface area contributed by atoms with Crippen molar-refractivity contribution >= 4 is 34.1 Å². The molecule has 2 rings (SSSR count). The minimum absolute atomic E-state index is 0.443. The number of rotatable bonds is 17. The van der Waals surface area contributed by atoms with E-state index in [1.165, 1.54) is 45.9 Å². The van der Waals surface area contributed by atoms with Gasteiger partial charge < -0.3 is 0 Å². The van der Waals surface area contributed by atoms with E-state index in [4.69, 9.17) is 0 Å². The van der Waals surface area contributed by atoms with Crippen molar-refractivity contribution in [3.05, 3.63) is 170 Å². The molecule has 0 amide bonds. The Morgan fingerprint density at radius 3 is 1.64 bits per heavy atom. The maximum absolute atomic E-state index is 4.29. The van der Waals surface area contributed by atoms with Gasteiger partial charge in [0.15, 0.2) is 0 Å². The second-order valence-corrected chi connectivity index (χ2v) is 13.0. The van der Waals surface area contributed by atoms with Crippen LogP contribution in [-0.2, 0) is 0 Å². The molecule has 2 unspecified atom stereocenters. The molecule has 2 aromatic rings. The maximum atomic E-state index is 4.29. The highest BCUT2D eigenvalue weighted by atomic mass is 14.2. The molecule has 0 heteroatoms. The lowest BCUT2D eigenvalue weighted by Crippen LogP contribution is -2.06. The Kier molecular flexibility index (Phi) is 30.8. The van der Waals surface area contributed by atoms with Crippen molar-refractivity contribution in [1.29, 1.82) is 0 Å². The Morgan fingerprint density at radius 2 is 1.23 bits per heavy atom. The van der Waals surface area contributed by atoms with Crippen LogP contribution in [-0.4, -0.2) is 0 Å². The second-order valence-electron chi connectivity index (χ2n) is 13.0. The smallest absolute Gasteiger partial charge is 0.00268 e. The first-order valence-corrected chi connectivity index (χ1v) is 20.0. The molecule has 0 heterocycles. The van der Waals surface area contributed by atoms with Crippen molar-refractivity contribution in [1.82, 2.24) is 0 Å². The third kappa shape index (κ3) is 17.8. The van der Waals surface area contributed by atoms with Crippen LogP contribution < -0.4 is 0 Å². The lowest BCUT2D eigenvalue weighted by molar-refractivity contribution is 0.471. The molecule has 0 saturated carbocycles. The Hall–Kier alpha value is -4.42. The van der Waals surface area contributed by atoms with Gasteiger partial charge >= 0.3 is 0 Å². The van der Waals surface area contributed by atoms with E-state index in [9.17, 15) is 0 Å². The first-order chi connectivity index (χ1) is 25.6. The van der Waals surface area contributed by atoms with Gasteiger partial charge in [0.2, 0.25) is 0 Å². The van der Waals surface area contributed by atoms with Gasteiger partial charge in [0.25, 0.3) is 0 Å². The number of hydrogen-bond donors (Lipinski definition) is 0. The zero-order valence-electron chi connectivity index (χ0n) is 35.9. The van der Waals surface area contributed by atoms with E-state index in [1.807, 2.05) is 31.2 Å². The van der Waals surface area contributed by atoms with E-state index in [-0.39, 0.29) is 0 Å². The average Bonchev–Trinajstić information content (AvgIpc) is 3.15. The van der Waals surface area contributed by atoms with Crippen molar-refractivity contribution in [2.75, 3.05) is 0 Å². The summed E-state index contributed by atoms with van der Waals surface area (Å²) < 4.78 is 0. The van der Waals surface area contributed by atoms with Crippen molar-refractivity contribution < 1.29 is 0 Å².